The van der Waals surface area contributed by atoms with Crippen LogP contribution in [-0.2, 0) is 30.8 Å². The molecular weight excluding hydrogens is 536 g/mol. The van der Waals surface area contributed by atoms with Crippen molar-refractivity contribution in [2.75, 3.05) is 37.9 Å². The first kappa shape index (κ1) is 29.6. The summed E-state index contributed by atoms with van der Waals surface area (Å²) < 4.78 is 52.0. The number of phenols is 1. The third kappa shape index (κ3) is 8.29. The minimum atomic E-state index is -3.71. The molecule has 14 heteroatoms. The number of carbonyl (C=O) groups is 2. The highest BCUT2D eigenvalue weighted by molar-refractivity contribution is 7.92. The number of phenolic OH excluding ortho intramolecular Hbond substituents is 1. The first-order valence-electron chi connectivity index (χ1n) is 12.0. The number of esters is 1. The number of fused-ring (bicyclic) bond motifs is 1. The Morgan fingerprint density at radius 3 is 2.62 bits per heavy atom. The number of aliphatic hydroxyl groups excluding tert-OH is 1. The van der Waals surface area contributed by atoms with Crippen molar-refractivity contribution in [3.8, 4) is 28.7 Å². The van der Waals surface area contributed by atoms with Crippen LogP contribution in [0.2, 0.25) is 0 Å². The van der Waals surface area contributed by atoms with Crippen molar-refractivity contribution in [1.29, 1.82) is 0 Å². The van der Waals surface area contributed by atoms with E-state index in [9.17, 15) is 28.2 Å². The second kappa shape index (κ2) is 12.8. The zero-order valence-electron chi connectivity index (χ0n) is 21.9. The van der Waals surface area contributed by atoms with Gasteiger partial charge in [0.15, 0.2) is 29.1 Å². The van der Waals surface area contributed by atoms with Crippen molar-refractivity contribution >= 4 is 27.6 Å². The molecule has 0 aromatic heterocycles. The molecular formula is C25H32N2O11S. The Morgan fingerprint density at radius 1 is 1.21 bits per heavy atom. The zero-order valence-corrected chi connectivity index (χ0v) is 22.7. The fourth-order valence-electron chi connectivity index (χ4n) is 3.69. The van der Waals surface area contributed by atoms with Gasteiger partial charge >= 0.3 is 5.97 Å². The third-order valence-corrected chi connectivity index (χ3v) is 6.01. The van der Waals surface area contributed by atoms with Crippen LogP contribution >= 0.6 is 0 Å². The van der Waals surface area contributed by atoms with Crippen LogP contribution in [-0.4, -0.2) is 81.9 Å². The second-order valence-electron chi connectivity index (χ2n) is 8.79. The largest absolute Gasteiger partial charge is 0.503 e. The van der Waals surface area contributed by atoms with Gasteiger partial charge in [-0.15, -0.1) is 0 Å². The number of amides is 1. The Kier molecular flexibility index (Phi) is 9.70. The number of sulfonamides is 1. The number of benzene rings is 2. The highest BCUT2D eigenvalue weighted by Crippen LogP contribution is 2.39. The molecule has 0 fully saturated rings. The summed E-state index contributed by atoms with van der Waals surface area (Å²) in [6.45, 7) is 3.28. The summed E-state index contributed by atoms with van der Waals surface area (Å²) in [5, 5.41) is 23.1. The van der Waals surface area contributed by atoms with Crippen LogP contribution in [0.15, 0.2) is 30.3 Å². The van der Waals surface area contributed by atoms with Gasteiger partial charge in [-0.05, 0) is 38.0 Å². The van der Waals surface area contributed by atoms with Crippen LogP contribution in [0.1, 0.15) is 19.4 Å². The Bertz CT molecular complexity index is 1300. The first-order valence-corrected chi connectivity index (χ1v) is 13.9. The highest BCUT2D eigenvalue weighted by Gasteiger charge is 2.29. The van der Waals surface area contributed by atoms with E-state index in [0.29, 0.717) is 17.9 Å². The van der Waals surface area contributed by atoms with Gasteiger partial charge in [0.2, 0.25) is 16.1 Å². The van der Waals surface area contributed by atoms with Gasteiger partial charge in [0.1, 0.15) is 19.0 Å². The van der Waals surface area contributed by atoms with Gasteiger partial charge in [0.05, 0.1) is 25.7 Å². The average molecular weight is 569 g/mol. The minimum Gasteiger partial charge on any atom is -0.503 e. The van der Waals surface area contributed by atoms with Gasteiger partial charge in [-0.25, -0.2) is 13.2 Å². The van der Waals surface area contributed by atoms with E-state index in [1.54, 1.807) is 32.0 Å². The monoisotopic (exact) mass is 568 g/mol. The van der Waals surface area contributed by atoms with Gasteiger partial charge in [-0.2, -0.15) is 0 Å². The quantitative estimate of drug-likeness (QED) is 0.212. The number of anilines is 1. The minimum absolute atomic E-state index is 0.0203. The van der Waals surface area contributed by atoms with E-state index in [1.165, 1.54) is 19.2 Å². The van der Waals surface area contributed by atoms with Crippen LogP contribution in [0.25, 0.3) is 0 Å². The molecule has 13 nitrogen and oxygen atoms in total. The molecule has 2 aromatic carbocycles. The van der Waals surface area contributed by atoms with Crippen LogP contribution in [0.3, 0.4) is 0 Å². The Morgan fingerprint density at radius 2 is 1.95 bits per heavy atom. The number of carbonyl (C=O) groups excluding carboxylic acids is 2. The number of nitrogens with one attached hydrogen (secondary N) is 2. The van der Waals surface area contributed by atoms with Crippen molar-refractivity contribution in [3.63, 3.8) is 0 Å². The summed E-state index contributed by atoms with van der Waals surface area (Å²) in [6, 6.07) is 7.31. The van der Waals surface area contributed by atoms with E-state index >= 15 is 0 Å². The second-order valence-corrected chi connectivity index (χ2v) is 10.5. The molecule has 214 valence electrons. The maximum absolute atomic E-state index is 12.5. The molecule has 2 aromatic rings. The summed E-state index contributed by atoms with van der Waals surface area (Å²) in [4.78, 5) is 24.4. The Balaban J connectivity index is 1.54. The number of hydrogen-bond donors (Lipinski definition) is 4. The summed E-state index contributed by atoms with van der Waals surface area (Å²) in [7, 11) is -2.43. The van der Waals surface area contributed by atoms with E-state index in [1.807, 2.05) is 0 Å². The van der Waals surface area contributed by atoms with Crippen LogP contribution < -0.4 is 29.0 Å². The molecule has 1 aliphatic heterocycles. The SMILES string of the molecule is CCOC(=O)C1COc2cc(C[C@@H](C)NC(=O)[C@@H](O)COc3cc(NS(C)(=O)=O)c(O)c(OC)c3)ccc2O1. The van der Waals surface area contributed by atoms with Crippen molar-refractivity contribution in [2.24, 2.45) is 0 Å². The van der Waals surface area contributed by atoms with E-state index in [2.05, 4.69) is 10.0 Å². The number of hydrogen-bond acceptors (Lipinski definition) is 11. The fraction of sp³-hybridized carbons (Fsp3) is 0.440. The van der Waals surface area contributed by atoms with Gasteiger partial charge in [-0.1, -0.05) is 6.07 Å². The van der Waals surface area contributed by atoms with E-state index in [-0.39, 0.29) is 36.4 Å². The maximum atomic E-state index is 12.5. The first-order chi connectivity index (χ1) is 18.4. The molecule has 0 bridgehead atoms. The predicted molar refractivity (Wildman–Crippen MR) is 139 cm³/mol. The Labute approximate surface area is 226 Å². The third-order valence-electron chi connectivity index (χ3n) is 5.42. The lowest BCUT2D eigenvalue weighted by Gasteiger charge is -2.25. The number of aliphatic hydroxyl groups is 1. The van der Waals surface area contributed by atoms with Crippen LogP contribution in [0.5, 0.6) is 28.7 Å². The van der Waals surface area contributed by atoms with Crippen molar-refractivity contribution in [2.45, 2.75) is 38.5 Å². The van der Waals surface area contributed by atoms with Crippen molar-refractivity contribution in [3.05, 3.63) is 35.9 Å². The number of aromatic hydroxyl groups is 1. The topological polar surface area (TPSA) is 179 Å². The van der Waals surface area contributed by atoms with Crippen molar-refractivity contribution in [1.82, 2.24) is 5.32 Å². The number of ether oxygens (including phenoxy) is 5. The zero-order chi connectivity index (χ0) is 28.7. The molecule has 1 aliphatic rings. The molecule has 1 amide bonds. The molecule has 3 rings (SSSR count). The molecule has 0 saturated heterocycles. The highest BCUT2D eigenvalue weighted by atomic mass is 32.2. The lowest BCUT2D eigenvalue weighted by molar-refractivity contribution is -0.153. The number of rotatable bonds is 12. The molecule has 0 spiro atoms. The van der Waals surface area contributed by atoms with E-state index in [4.69, 9.17) is 23.7 Å². The van der Waals surface area contributed by atoms with Crippen LogP contribution in [0.4, 0.5) is 5.69 Å². The van der Waals surface area contributed by atoms with Crippen molar-refractivity contribution < 1.29 is 51.9 Å². The summed E-state index contributed by atoms with van der Waals surface area (Å²) in [6.07, 6.45) is -1.06. The molecule has 0 aliphatic carbocycles. The smallest absolute Gasteiger partial charge is 0.350 e. The fourth-order valence-corrected chi connectivity index (χ4v) is 4.24. The molecule has 4 N–H and O–H groups in total. The molecule has 39 heavy (non-hydrogen) atoms. The Hall–Kier alpha value is -3.91. The summed E-state index contributed by atoms with van der Waals surface area (Å²) in [5.74, 6) is -0.763. The standard InChI is InChI=1S/C25H32N2O11S/c1-5-35-25(31)22-13-37-20-9-15(6-7-19(20)38-22)8-14(2)26-24(30)18(28)12-36-16-10-17(27-39(4,32)33)23(29)21(11-16)34-3/h6-7,9-11,14,18,22,27-29H,5,8,12-13H2,1-4H3,(H,26,30)/t14-,18+,22?/m1/s1. The molecule has 0 saturated carbocycles. The maximum Gasteiger partial charge on any atom is 0.350 e. The van der Waals surface area contributed by atoms with E-state index < -0.39 is 46.5 Å². The predicted octanol–water partition coefficient (Wildman–Crippen LogP) is 0.962. The van der Waals surface area contributed by atoms with Gasteiger partial charge < -0.3 is 39.2 Å². The lowest BCUT2D eigenvalue weighted by atomic mass is 10.1. The molecule has 3 atom stereocenters. The molecule has 1 heterocycles. The summed E-state index contributed by atoms with van der Waals surface area (Å²) >= 11 is 0. The van der Waals surface area contributed by atoms with E-state index in [0.717, 1.165) is 11.8 Å². The lowest BCUT2D eigenvalue weighted by Crippen LogP contribution is -2.43. The molecule has 0 radical (unpaired) electrons. The number of methoxy groups -OCH3 is 1. The van der Waals surface area contributed by atoms with Gasteiger partial charge in [0, 0.05) is 18.2 Å². The van der Waals surface area contributed by atoms with Gasteiger partial charge in [0.25, 0.3) is 5.91 Å². The summed E-state index contributed by atoms with van der Waals surface area (Å²) in [5.41, 5.74) is 0.642. The normalized spacial score (nSPS) is 16.0. The average Bonchev–Trinajstić information content (AvgIpc) is 2.87. The van der Waals surface area contributed by atoms with Gasteiger partial charge in [-0.3, -0.25) is 9.52 Å². The van der Waals surface area contributed by atoms with Crippen LogP contribution in [0, 0.1) is 0 Å². The molecule has 1 unspecified atom stereocenters.